The summed E-state index contributed by atoms with van der Waals surface area (Å²) in [5, 5.41) is 3.19. The molecule has 3 heteroatoms. The van der Waals surface area contributed by atoms with Gasteiger partial charge in [0, 0.05) is 24.2 Å². The van der Waals surface area contributed by atoms with E-state index in [0.717, 1.165) is 24.4 Å². The number of hydrogen-bond acceptors (Lipinski definition) is 2. The number of likely N-dealkylation sites (tertiary alicyclic amines) is 1. The lowest BCUT2D eigenvalue weighted by Gasteiger charge is -2.33. The average molecular weight is 345 g/mol. The van der Waals surface area contributed by atoms with Crippen LogP contribution in [0.5, 0.6) is 0 Å². The molecule has 1 fully saturated rings. The van der Waals surface area contributed by atoms with Gasteiger partial charge in [0.2, 0.25) is 0 Å². The summed E-state index contributed by atoms with van der Waals surface area (Å²) in [7, 11) is 0. The van der Waals surface area contributed by atoms with Crippen LogP contribution in [-0.4, -0.2) is 29.4 Å². The molecule has 1 saturated heterocycles. The molecule has 1 N–H and O–H groups in total. The molecule has 3 nitrogen and oxygen atoms in total. The summed E-state index contributed by atoms with van der Waals surface area (Å²) in [4.78, 5) is 15.1. The lowest BCUT2D eigenvalue weighted by molar-refractivity contribution is 0.0891. The maximum atomic E-state index is 12.6. The first-order chi connectivity index (χ1) is 11.5. The van der Waals surface area contributed by atoms with Crippen molar-refractivity contribution in [3.63, 3.8) is 0 Å². The Bertz CT molecular complexity index is 569. The Morgan fingerprint density at radius 1 is 1.16 bits per heavy atom. The SMILES string of the molecule is C[C@H]1CCCN(Cc2ccc(C(=O)NC(C)(C)CC(C)(C)C)cc2)C1. The normalized spacial score (nSPS) is 19.7. The van der Waals surface area contributed by atoms with Crippen molar-refractivity contribution < 1.29 is 4.79 Å². The van der Waals surface area contributed by atoms with Gasteiger partial charge in [0.05, 0.1) is 0 Å². The number of carbonyl (C=O) groups excluding carboxylic acids is 1. The summed E-state index contributed by atoms with van der Waals surface area (Å²) in [6.07, 6.45) is 3.58. The standard InChI is InChI=1S/C22H36N2O/c1-17-8-7-13-24(14-17)15-18-9-11-19(12-10-18)20(25)23-22(5,6)16-21(2,3)4/h9-12,17H,7-8,13-16H2,1-6H3,(H,23,25)/t17-/m0/s1. The van der Waals surface area contributed by atoms with Crippen molar-refractivity contribution in [2.24, 2.45) is 11.3 Å². The van der Waals surface area contributed by atoms with E-state index in [2.05, 4.69) is 63.9 Å². The second-order valence-electron chi connectivity index (χ2n) is 9.75. The molecule has 0 aromatic heterocycles. The second kappa shape index (κ2) is 7.90. The van der Waals surface area contributed by atoms with E-state index in [1.165, 1.54) is 31.5 Å². The lowest BCUT2D eigenvalue weighted by atomic mass is 9.81. The fourth-order valence-corrected chi connectivity index (χ4v) is 4.20. The van der Waals surface area contributed by atoms with Crippen LogP contribution in [0.15, 0.2) is 24.3 Å². The molecule has 2 rings (SSSR count). The van der Waals surface area contributed by atoms with Crippen LogP contribution < -0.4 is 5.32 Å². The molecule has 1 heterocycles. The van der Waals surface area contributed by atoms with Crippen LogP contribution in [0.25, 0.3) is 0 Å². The van der Waals surface area contributed by atoms with Gasteiger partial charge in [-0.15, -0.1) is 0 Å². The summed E-state index contributed by atoms with van der Waals surface area (Å²) in [5.41, 5.74) is 2.02. The second-order valence-corrected chi connectivity index (χ2v) is 9.75. The third kappa shape index (κ3) is 6.81. The largest absolute Gasteiger partial charge is 0.347 e. The van der Waals surface area contributed by atoms with E-state index in [0.29, 0.717) is 0 Å². The van der Waals surface area contributed by atoms with Gasteiger partial charge in [-0.05, 0) is 68.7 Å². The summed E-state index contributed by atoms with van der Waals surface area (Å²) in [5.74, 6) is 0.816. The van der Waals surface area contributed by atoms with Gasteiger partial charge < -0.3 is 5.32 Å². The molecule has 1 aromatic rings. The maximum Gasteiger partial charge on any atom is 0.251 e. The first-order valence-corrected chi connectivity index (χ1v) is 9.68. The number of amides is 1. The van der Waals surface area contributed by atoms with Crippen LogP contribution in [0.2, 0.25) is 0 Å². The van der Waals surface area contributed by atoms with Crippen molar-refractivity contribution in [3.8, 4) is 0 Å². The Labute approximate surface area is 154 Å². The van der Waals surface area contributed by atoms with Crippen LogP contribution in [0.4, 0.5) is 0 Å². The lowest BCUT2D eigenvalue weighted by Crippen LogP contribution is -2.45. The Kier molecular flexibility index (Phi) is 6.31. The highest BCUT2D eigenvalue weighted by Crippen LogP contribution is 2.27. The van der Waals surface area contributed by atoms with Crippen LogP contribution in [-0.2, 0) is 6.54 Å². The third-order valence-electron chi connectivity index (χ3n) is 4.79. The van der Waals surface area contributed by atoms with Crippen molar-refractivity contribution in [1.29, 1.82) is 0 Å². The minimum absolute atomic E-state index is 0.0207. The van der Waals surface area contributed by atoms with Gasteiger partial charge in [0.25, 0.3) is 5.91 Å². The third-order valence-corrected chi connectivity index (χ3v) is 4.79. The summed E-state index contributed by atoms with van der Waals surface area (Å²) >= 11 is 0. The molecule has 1 aliphatic heterocycles. The van der Waals surface area contributed by atoms with E-state index in [1.807, 2.05) is 12.1 Å². The monoisotopic (exact) mass is 344 g/mol. The molecule has 25 heavy (non-hydrogen) atoms. The molecule has 1 amide bonds. The van der Waals surface area contributed by atoms with Gasteiger partial charge in [0.1, 0.15) is 0 Å². The number of nitrogens with one attached hydrogen (secondary N) is 1. The number of benzene rings is 1. The number of piperidine rings is 1. The van der Waals surface area contributed by atoms with Crippen LogP contribution >= 0.6 is 0 Å². The van der Waals surface area contributed by atoms with Gasteiger partial charge in [-0.25, -0.2) is 0 Å². The molecule has 1 aliphatic rings. The van der Waals surface area contributed by atoms with E-state index in [1.54, 1.807) is 0 Å². The Hall–Kier alpha value is -1.35. The molecule has 1 aromatic carbocycles. The fourth-order valence-electron chi connectivity index (χ4n) is 4.20. The average Bonchev–Trinajstić information content (AvgIpc) is 2.44. The van der Waals surface area contributed by atoms with Crippen LogP contribution in [0, 0.1) is 11.3 Å². The molecule has 0 saturated carbocycles. The summed E-state index contributed by atoms with van der Waals surface area (Å²) < 4.78 is 0. The molecule has 1 atom stereocenters. The Morgan fingerprint density at radius 3 is 2.36 bits per heavy atom. The van der Waals surface area contributed by atoms with Crippen molar-refractivity contribution in [2.75, 3.05) is 13.1 Å². The van der Waals surface area contributed by atoms with Crippen LogP contribution in [0.3, 0.4) is 0 Å². The Morgan fingerprint density at radius 2 is 1.80 bits per heavy atom. The molecule has 0 bridgehead atoms. The quantitative estimate of drug-likeness (QED) is 0.827. The topological polar surface area (TPSA) is 32.3 Å². The summed E-state index contributed by atoms with van der Waals surface area (Å²) in [6, 6.07) is 8.13. The smallest absolute Gasteiger partial charge is 0.251 e. The zero-order valence-electron chi connectivity index (χ0n) is 17.0. The van der Waals surface area contributed by atoms with E-state index in [4.69, 9.17) is 0 Å². The first kappa shape index (κ1) is 20.0. The first-order valence-electron chi connectivity index (χ1n) is 9.68. The minimum atomic E-state index is -0.210. The van der Waals surface area contributed by atoms with E-state index in [-0.39, 0.29) is 16.9 Å². The molecule has 0 unspecified atom stereocenters. The van der Waals surface area contributed by atoms with Crippen molar-refractivity contribution in [2.45, 2.75) is 72.9 Å². The number of carbonyl (C=O) groups is 1. The zero-order valence-corrected chi connectivity index (χ0v) is 17.0. The van der Waals surface area contributed by atoms with Gasteiger partial charge in [0.15, 0.2) is 0 Å². The van der Waals surface area contributed by atoms with Gasteiger partial charge in [-0.3, -0.25) is 9.69 Å². The highest BCUT2D eigenvalue weighted by molar-refractivity contribution is 5.94. The van der Waals surface area contributed by atoms with Crippen LogP contribution in [0.1, 0.15) is 76.7 Å². The Balaban J connectivity index is 1.93. The van der Waals surface area contributed by atoms with Crippen molar-refractivity contribution in [3.05, 3.63) is 35.4 Å². The van der Waals surface area contributed by atoms with Crippen molar-refractivity contribution >= 4 is 5.91 Å². The van der Waals surface area contributed by atoms with Gasteiger partial charge >= 0.3 is 0 Å². The highest BCUT2D eigenvalue weighted by atomic mass is 16.1. The number of hydrogen-bond donors (Lipinski definition) is 1. The minimum Gasteiger partial charge on any atom is -0.347 e. The zero-order chi connectivity index (χ0) is 18.7. The number of rotatable bonds is 5. The predicted molar refractivity (Wildman–Crippen MR) is 106 cm³/mol. The molecule has 0 spiro atoms. The van der Waals surface area contributed by atoms with E-state index < -0.39 is 0 Å². The maximum absolute atomic E-state index is 12.6. The highest BCUT2D eigenvalue weighted by Gasteiger charge is 2.27. The molecule has 0 aliphatic carbocycles. The summed E-state index contributed by atoms with van der Waals surface area (Å²) in [6.45, 7) is 16.5. The van der Waals surface area contributed by atoms with Gasteiger partial charge in [-0.2, -0.15) is 0 Å². The van der Waals surface area contributed by atoms with E-state index in [9.17, 15) is 4.79 Å². The number of nitrogens with zero attached hydrogens (tertiary/aromatic N) is 1. The predicted octanol–water partition coefficient (Wildman–Crippen LogP) is 4.86. The van der Waals surface area contributed by atoms with Gasteiger partial charge in [-0.1, -0.05) is 39.8 Å². The molecular formula is C22H36N2O. The molecule has 0 radical (unpaired) electrons. The van der Waals surface area contributed by atoms with Crippen molar-refractivity contribution in [1.82, 2.24) is 10.2 Å². The van der Waals surface area contributed by atoms with E-state index >= 15 is 0 Å². The molecule has 140 valence electrons. The molecular weight excluding hydrogens is 308 g/mol. The fraction of sp³-hybridized carbons (Fsp3) is 0.682.